The van der Waals surface area contributed by atoms with Gasteiger partial charge in [0.1, 0.15) is 6.61 Å². The number of carbonyl (C=O) groups excluding carboxylic acids is 1. The Morgan fingerprint density at radius 3 is 2.48 bits per heavy atom. The maximum Gasteiger partial charge on any atom is 0.411 e. The summed E-state index contributed by atoms with van der Waals surface area (Å²) in [5.41, 5.74) is 1.76. The van der Waals surface area contributed by atoms with Crippen molar-refractivity contribution in [2.45, 2.75) is 24.8 Å². The van der Waals surface area contributed by atoms with Crippen LogP contribution in [0.15, 0.2) is 53.4 Å². The molecule has 122 valence electrons. The second-order valence-electron chi connectivity index (χ2n) is 4.91. The maximum atomic E-state index is 11.8. The number of nitrogens with two attached hydrogens (primary N) is 1. The summed E-state index contributed by atoms with van der Waals surface area (Å²) in [5, 5.41) is 7.69. The fourth-order valence-electron chi connectivity index (χ4n) is 2.07. The van der Waals surface area contributed by atoms with Crippen LogP contribution in [0.4, 0.5) is 10.5 Å². The Hall–Kier alpha value is -2.38. The number of aryl methyl sites for hydroxylation is 1. The van der Waals surface area contributed by atoms with Crippen molar-refractivity contribution in [2.24, 2.45) is 5.14 Å². The van der Waals surface area contributed by atoms with Gasteiger partial charge in [-0.15, -0.1) is 0 Å². The number of sulfonamides is 1. The largest absolute Gasteiger partial charge is 0.444 e. The normalized spacial score (nSPS) is 11.0. The molecule has 0 bridgehead atoms. The first-order chi connectivity index (χ1) is 10.9. The molecule has 3 N–H and O–H groups in total. The third-order valence-electron chi connectivity index (χ3n) is 3.21. The van der Waals surface area contributed by atoms with E-state index in [-0.39, 0.29) is 11.5 Å². The summed E-state index contributed by atoms with van der Waals surface area (Å²) in [6, 6.07) is 13.8. The molecule has 0 aliphatic rings. The van der Waals surface area contributed by atoms with Crippen molar-refractivity contribution in [1.82, 2.24) is 0 Å². The van der Waals surface area contributed by atoms with E-state index in [0.29, 0.717) is 17.7 Å². The van der Waals surface area contributed by atoms with Crippen LogP contribution in [0, 0.1) is 0 Å². The van der Waals surface area contributed by atoms with E-state index in [1.807, 2.05) is 37.3 Å². The Morgan fingerprint density at radius 1 is 1.17 bits per heavy atom. The van der Waals surface area contributed by atoms with Gasteiger partial charge >= 0.3 is 6.09 Å². The lowest BCUT2D eigenvalue weighted by Crippen LogP contribution is -2.17. The molecule has 23 heavy (non-hydrogen) atoms. The quantitative estimate of drug-likeness (QED) is 0.878. The molecule has 0 heterocycles. The Bertz CT molecular complexity index is 789. The van der Waals surface area contributed by atoms with Gasteiger partial charge in [0.15, 0.2) is 0 Å². The first kappa shape index (κ1) is 17.0. The van der Waals surface area contributed by atoms with Crippen molar-refractivity contribution >= 4 is 21.8 Å². The molecule has 1 amide bonds. The minimum atomic E-state index is -3.85. The third-order valence-corrected chi connectivity index (χ3v) is 4.21. The molecule has 0 aromatic heterocycles. The number of carbonyl (C=O) groups is 1. The zero-order valence-corrected chi connectivity index (χ0v) is 13.5. The van der Waals surface area contributed by atoms with Gasteiger partial charge in [0, 0.05) is 5.69 Å². The number of anilines is 1. The molecule has 0 fully saturated rings. The highest BCUT2D eigenvalue weighted by molar-refractivity contribution is 7.89. The van der Waals surface area contributed by atoms with Crippen LogP contribution in [0.5, 0.6) is 0 Å². The molecule has 0 saturated heterocycles. The van der Waals surface area contributed by atoms with Crippen molar-refractivity contribution in [2.75, 3.05) is 5.32 Å². The van der Waals surface area contributed by atoms with E-state index in [1.165, 1.54) is 6.07 Å². The summed E-state index contributed by atoms with van der Waals surface area (Å²) in [6.07, 6.45) is -0.150. The molecular weight excluding hydrogens is 316 g/mol. The average molecular weight is 334 g/mol. The van der Waals surface area contributed by atoms with E-state index in [9.17, 15) is 13.2 Å². The van der Waals surface area contributed by atoms with E-state index in [4.69, 9.17) is 9.88 Å². The van der Waals surface area contributed by atoms with Crippen LogP contribution in [0.25, 0.3) is 0 Å². The highest BCUT2D eigenvalue weighted by atomic mass is 32.2. The van der Waals surface area contributed by atoms with Gasteiger partial charge in [-0.05, 0) is 29.7 Å². The lowest BCUT2D eigenvalue weighted by atomic mass is 10.1. The van der Waals surface area contributed by atoms with E-state index in [1.54, 1.807) is 12.1 Å². The molecule has 0 atom stereocenters. The summed E-state index contributed by atoms with van der Waals surface area (Å²) in [5.74, 6) is 0. The van der Waals surface area contributed by atoms with Crippen LogP contribution in [0.1, 0.15) is 18.1 Å². The van der Waals surface area contributed by atoms with Crippen molar-refractivity contribution in [1.29, 1.82) is 0 Å². The van der Waals surface area contributed by atoms with Crippen LogP contribution >= 0.6 is 0 Å². The van der Waals surface area contributed by atoms with Crippen LogP contribution in [0.3, 0.4) is 0 Å². The topological polar surface area (TPSA) is 98.5 Å². The van der Waals surface area contributed by atoms with Gasteiger partial charge in [-0.3, -0.25) is 5.32 Å². The molecule has 0 saturated carbocycles. The average Bonchev–Trinajstić information content (AvgIpc) is 2.53. The molecule has 6 nitrogen and oxygen atoms in total. The highest BCUT2D eigenvalue weighted by Crippen LogP contribution is 2.20. The first-order valence-corrected chi connectivity index (χ1v) is 8.58. The highest BCUT2D eigenvalue weighted by Gasteiger charge is 2.14. The van der Waals surface area contributed by atoms with E-state index in [0.717, 1.165) is 5.56 Å². The Labute approximate surface area is 135 Å². The number of rotatable bonds is 5. The maximum absolute atomic E-state index is 11.8. The van der Waals surface area contributed by atoms with Crippen LogP contribution < -0.4 is 10.5 Å². The van der Waals surface area contributed by atoms with Gasteiger partial charge in [0.25, 0.3) is 0 Å². The molecule has 2 aromatic rings. The fraction of sp³-hybridized carbons (Fsp3) is 0.188. The van der Waals surface area contributed by atoms with E-state index >= 15 is 0 Å². The smallest absolute Gasteiger partial charge is 0.411 e. The summed E-state index contributed by atoms with van der Waals surface area (Å²) in [6.45, 7) is 1.95. The molecule has 0 spiro atoms. The summed E-state index contributed by atoms with van der Waals surface area (Å²) in [4.78, 5) is 11.8. The number of hydrogen-bond acceptors (Lipinski definition) is 4. The third kappa shape index (κ3) is 4.80. The monoisotopic (exact) mass is 334 g/mol. The Balaban J connectivity index is 2.06. The van der Waals surface area contributed by atoms with Crippen LogP contribution in [-0.2, 0) is 27.8 Å². The number of ether oxygens (including phenoxy) is 1. The Kier molecular flexibility index (Phi) is 5.36. The second kappa shape index (κ2) is 7.26. The standard InChI is InChI=1S/C16H18N2O4S/c1-2-13-8-9-14(10-15(13)23(17,20)21)18-16(19)22-11-12-6-4-3-5-7-12/h3-10H,2,11H2,1H3,(H,18,19)(H2,17,20,21). The van der Waals surface area contributed by atoms with Gasteiger partial charge in [-0.25, -0.2) is 18.4 Å². The van der Waals surface area contributed by atoms with Crippen LogP contribution in [-0.4, -0.2) is 14.5 Å². The number of nitrogens with one attached hydrogen (secondary N) is 1. The molecule has 2 rings (SSSR count). The molecule has 2 aromatic carbocycles. The number of amides is 1. The molecule has 0 aliphatic heterocycles. The fourth-order valence-corrected chi connectivity index (χ4v) is 2.94. The summed E-state index contributed by atoms with van der Waals surface area (Å²) >= 11 is 0. The van der Waals surface area contributed by atoms with Gasteiger partial charge in [0.2, 0.25) is 10.0 Å². The lowest BCUT2D eigenvalue weighted by Gasteiger charge is -2.10. The first-order valence-electron chi connectivity index (χ1n) is 7.03. The van der Waals surface area contributed by atoms with Crippen LogP contribution in [0.2, 0.25) is 0 Å². The SMILES string of the molecule is CCc1ccc(NC(=O)OCc2ccccc2)cc1S(N)(=O)=O. The van der Waals surface area contributed by atoms with Crippen molar-refractivity contribution < 1.29 is 17.9 Å². The summed E-state index contributed by atoms with van der Waals surface area (Å²) in [7, 11) is -3.85. The van der Waals surface area contributed by atoms with E-state index < -0.39 is 16.1 Å². The minimum absolute atomic E-state index is 0.000796. The predicted octanol–water partition coefficient (Wildman–Crippen LogP) is 2.65. The van der Waals surface area contributed by atoms with Crippen molar-refractivity contribution in [3.05, 3.63) is 59.7 Å². The number of benzene rings is 2. The molecule has 0 radical (unpaired) electrons. The van der Waals surface area contributed by atoms with Gasteiger partial charge in [-0.2, -0.15) is 0 Å². The lowest BCUT2D eigenvalue weighted by molar-refractivity contribution is 0.155. The molecule has 0 unspecified atom stereocenters. The van der Waals surface area contributed by atoms with Crippen molar-refractivity contribution in [3.8, 4) is 0 Å². The van der Waals surface area contributed by atoms with E-state index in [2.05, 4.69) is 5.32 Å². The predicted molar refractivity (Wildman–Crippen MR) is 87.4 cm³/mol. The van der Waals surface area contributed by atoms with Gasteiger partial charge in [-0.1, -0.05) is 43.3 Å². The molecule has 0 aliphatic carbocycles. The Morgan fingerprint density at radius 2 is 1.87 bits per heavy atom. The zero-order valence-electron chi connectivity index (χ0n) is 12.7. The van der Waals surface area contributed by atoms with Gasteiger partial charge < -0.3 is 4.74 Å². The second-order valence-corrected chi connectivity index (χ2v) is 6.44. The number of primary sulfonamides is 1. The molecular formula is C16H18N2O4S. The van der Waals surface area contributed by atoms with Crippen molar-refractivity contribution in [3.63, 3.8) is 0 Å². The number of hydrogen-bond donors (Lipinski definition) is 2. The molecule has 7 heteroatoms. The summed E-state index contributed by atoms with van der Waals surface area (Å²) < 4.78 is 28.3. The zero-order chi connectivity index (χ0) is 16.9. The van der Waals surface area contributed by atoms with Gasteiger partial charge in [0.05, 0.1) is 4.90 Å². The minimum Gasteiger partial charge on any atom is -0.444 e.